The third-order valence-electron chi connectivity index (χ3n) is 2.88. The molecule has 0 saturated carbocycles. The predicted octanol–water partition coefficient (Wildman–Crippen LogP) is 4.31. The van der Waals surface area contributed by atoms with Gasteiger partial charge in [0.1, 0.15) is 0 Å². The molecule has 0 amide bonds. The van der Waals surface area contributed by atoms with Gasteiger partial charge in [0.2, 0.25) is 0 Å². The average Bonchev–Trinajstić information content (AvgIpc) is 2.46. The fraction of sp³-hybridized carbons (Fsp3) is 0.250. The first-order valence-corrected chi connectivity index (χ1v) is 7.36. The Morgan fingerprint density at radius 2 is 1.50 bits per heavy atom. The molecule has 0 fully saturated rings. The predicted molar refractivity (Wildman–Crippen MR) is 81.5 cm³/mol. The van der Waals surface area contributed by atoms with E-state index in [2.05, 4.69) is 72.5 Å². The Hall–Kier alpha value is -1.41. The maximum absolute atomic E-state index is 2.41. The van der Waals surface area contributed by atoms with E-state index < -0.39 is 0 Å². The molecule has 18 heavy (non-hydrogen) atoms. The van der Waals surface area contributed by atoms with Crippen molar-refractivity contribution in [3.63, 3.8) is 0 Å². The molecule has 94 valence electrons. The third kappa shape index (κ3) is 3.81. The summed E-state index contributed by atoms with van der Waals surface area (Å²) >= 11 is 1.92. The Kier molecular flexibility index (Phi) is 5.15. The molecule has 0 radical (unpaired) electrons. The van der Waals surface area contributed by atoms with E-state index in [0.29, 0.717) is 0 Å². The fourth-order valence-electron chi connectivity index (χ4n) is 1.90. The Balaban J connectivity index is 1.85. The lowest BCUT2D eigenvalue weighted by Gasteiger charge is -2.22. The van der Waals surface area contributed by atoms with E-state index in [0.717, 1.165) is 18.8 Å². The van der Waals surface area contributed by atoms with Crippen LogP contribution >= 0.6 is 11.8 Å². The van der Waals surface area contributed by atoms with Crippen molar-refractivity contribution in [2.75, 3.05) is 23.7 Å². The summed E-state index contributed by atoms with van der Waals surface area (Å²) in [6.07, 6.45) is 0. The van der Waals surface area contributed by atoms with Crippen LogP contribution in [0.2, 0.25) is 0 Å². The number of rotatable bonds is 6. The first-order valence-electron chi connectivity index (χ1n) is 6.38. The SMILES string of the molecule is CCN(CCSc1ccccc1)c1ccccc1. The van der Waals surface area contributed by atoms with Crippen LogP contribution in [0.4, 0.5) is 5.69 Å². The van der Waals surface area contributed by atoms with Crippen LogP contribution < -0.4 is 4.90 Å². The first-order chi connectivity index (χ1) is 8.90. The lowest BCUT2D eigenvalue weighted by Crippen LogP contribution is -2.25. The van der Waals surface area contributed by atoms with Crippen molar-refractivity contribution in [3.05, 3.63) is 60.7 Å². The maximum atomic E-state index is 2.41. The largest absolute Gasteiger partial charge is 0.371 e. The van der Waals surface area contributed by atoms with Crippen molar-refractivity contribution in [2.24, 2.45) is 0 Å². The molecule has 2 rings (SSSR count). The molecular formula is C16H19NS. The second-order valence-corrected chi connectivity index (χ2v) is 5.25. The Labute approximate surface area is 114 Å². The quantitative estimate of drug-likeness (QED) is 0.710. The van der Waals surface area contributed by atoms with Crippen LogP contribution in [0, 0.1) is 0 Å². The summed E-state index contributed by atoms with van der Waals surface area (Å²) in [5, 5.41) is 0. The molecule has 0 heterocycles. The van der Waals surface area contributed by atoms with Crippen LogP contribution in [0.25, 0.3) is 0 Å². The van der Waals surface area contributed by atoms with Crippen LogP contribution in [0.5, 0.6) is 0 Å². The molecule has 2 aromatic carbocycles. The summed E-state index contributed by atoms with van der Waals surface area (Å²) in [4.78, 5) is 3.76. The van der Waals surface area contributed by atoms with Gasteiger partial charge in [-0.15, -0.1) is 11.8 Å². The standard InChI is InChI=1S/C16H19NS/c1-2-17(15-9-5-3-6-10-15)13-14-18-16-11-7-4-8-12-16/h3-12H,2,13-14H2,1H3. The molecular weight excluding hydrogens is 238 g/mol. The molecule has 0 bridgehead atoms. The number of hydrogen-bond donors (Lipinski definition) is 0. The smallest absolute Gasteiger partial charge is 0.0366 e. The van der Waals surface area contributed by atoms with Gasteiger partial charge in [0.05, 0.1) is 0 Å². The molecule has 0 spiro atoms. The van der Waals surface area contributed by atoms with E-state index in [-0.39, 0.29) is 0 Å². The highest BCUT2D eigenvalue weighted by molar-refractivity contribution is 7.99. The topological polar surface area (TPSA) is 3.24 Å². The highest BCUT2D eigenvalue weighted by Gasteiger charge is 2.03. The minimum absolute atomic E-state index is 1.05. The fourth-order valence-corrected chi connectivity index (χ4v) is 2.80. The summed E-state index contributed by atoms with van der Waals surface area (Å²) in [7, 11) is 0. The highest BCUT2D eigenvalue weighted by Crippen LogP contribution is 2.19. The molecule has 2 heteroatoms. The van der Waals surface area contributed by atoms with E-state index in [1.807, 2.05) is 11.8 Å². The van der Waals surface area contributed by atoms with Gasteiger partial charge in [0.25, 0.3) is 0 Å². The number of anilines is 1. The van der Waals surface area contributed by atoms with Gasteiger partial charge in [-0.05, 0) is 31.2 Å². The van der Waals surface area contributed by atoms with Crippen molar-refractivity contribution in [2.45, 2.75) is 11.8 Å². The average molecular weight is 257 g/mol. The van der Waals surface area contributed by atoms with Crippen molar-refractivity contribution in [1.29, 1.82) is 0 Å². The summed E-state index contributed by atoms with van der Waals surface area (Å²) in [6.45, 7) is 4.35. The Morgan fingerprint density at radius 1 is 0.889 bits per heavy atom. The minimum atomic E-state index is 1.05. The van der Waals surface area contributed by atoms with Gasteiger partial charge >= 0.3 is 0 Å². The van der Waals surface area contributed by atoms with Crippen LogP contribution in [-0.4, -0.2) is 18.8 Å². The molecule has 1 nitrogen and oxygen atoms in total. The minimum Gasteiger partial charge on any atom is -0.371 e. The monoisotopic (exact) mass is 257 g/mol. The van der Waals surface area contributed by atoms with Gasteiger partial charge < -0.3 is 4.90 Å². The van der Waals surface area contributed by atoms with Crippen LogP contribution in [0.3, 0.4) is 0 Å². The number of nitrogens with zero attached hydrogens (tertiary/aromatic N) is 1. The molecule has 0 aliphatic carbocycles. The van der Waals surface area contributed by atoms with E-state index in [1.165, 1.54) is 10.6 Å². The first kappa shape index (κ1) is 13.0. The number of para-hydroxylation sites is 1. The van der Waals surface area contributed by atoms with E-state index in [1.54, 1.807) is 0 Å². The number of thioether (sulfide) groups is 1. The van der Waals surface area contributed by atoms with E-state index in [9.17, 15) is 0 Å². The van der Waals surface area contributed by atoms with E-state index in [4.69, 9.17) is 0 Å². The van der Waals surface area contributed by atoms with Crippen molar-refractivity contribution in [1.82, 2.24) is 0 Å². The lowest BCUT2D eigenvalue weighted by molar-refractivity contribution is 0.872. The molecule has 0 unspecified atom stereocenters. The molecule has 2 aromatic rings. The summed E-state index contributed by atoms with van der Waals surface area (Å²) in [6, 6.07) is 21.2. The molecule has 0 saturated heterocycles. The molecule has 0 atom stereocenters. The highest BCUT2D eigenvalue weighted by atomic mass is 32.2. The number of benzene rings is 2. The van der Waals surface area contributed by atoms with E-state index >= 15 is 0 Å². The molecule has 0 aliphatic heterocycles. The summed E-state index contributed by atoms with van der Waals surface area (Å²) < 4.78 is 0. The van der Waals surface area contributed by atoms with Crippen molar-refractivity contribution >= 4 is 17.4 Å². The van der Waals surface area contributed by atoms with Gasteiger partial charge in [0.15, 0.2) is 0 Å². The second-order valence-electron chi connectivity index (χ2n) is 4.08. The molecule has 0 N–H and O–H groups in total. The normalized spacial score (nSPS) is 10.3. The van der Waals surface area contributed by atoms with Crippen LogP contribution in [0.1, 0.15) is 6.92 Å². The van der Waals surface area contributed by atoms with Gasteiger partial charge in [-0.2, -0.15) is 0 Å². The van der Waals surface area contributed by atoms with Crippen LogP contribution in [0.15, 0.2) is 65.6 Å². The van der Waals surface area contributed by atoms with Crippen molar-refractivity contribution < 1.29 is 0 Å². The number of hydrogen-bond acceptors (Lipinski definition) is 2. The lowest BCUT2D eigenvalue weighted by atomic mass is 10.3. The summed E-state index contributed by atoms with van der Waals surface area (Å²) in [5.41, 5.74) is 1.31. The zero-order valence-electron chi connectivity index (χ0n) is 10.8. The van der Waals surface area contributed by atoms with Gasteiger partial charge in [0, 0.05) is 29.4 Å². The second kappa shape index (κ2) is 7.12. The van der Waals surface area contributed by atoms with Gasteiger partial charge in [-0.1, -0.05) is 36.4 Å². The molecule has 0 aromatic heterocycles. The third-order valence-corrected chi connectivity index (χ3v) is 3.87. The maximum Gasteiger partial charge on any atom is 0.0366 e. The zero-order valence-corrected chi connectivity index (χ0v) is 11.6. The molecule has 0 aliphatic rings. The summed E-state index contributed by atoms with van der Waals surface area (Å²) in [5.74, 6) is 1.12. The van der Waals surface area contributed by atoms with Gasteiger partial charge in [-0.25, -0.2) is 0 Å². The Bertz CT molecular complexity index is 441. The Morgan fingerprint density at radius 3 is 2.11 bits per heavy atom. The van der Waals surface area contributed by atoms with Crippen LogP contribution in [-0.2, 0) is 0 Å². The van der Waals surface area contributed by atoms with Crippen molar-refractivity contribution in [3.8, 4) is 0 Å². The van der Waals surface area contributed by atoms with Gasteiger partial charge in [-0.3, -0.25) is 0 Å². The zero-order chi connectivity index (χ0) is 12.6.